The first-order valence-electron chi connectivity index (χ1n) is 7.16. The van der Waals surface area contributed by atoms with Gasteiger partial charge in [0.2, 0.25) is 0 Å². The summed E-state index contributed by atoms with van der Waals surface area (Å²) in [6, 6.07) is 22.6. The summed E-state index contributed by atoms with van der Waals surface area (Å²) in [6.07, 6.45) is 0. The molecule has 23 heavy (non-hydrogen) atoms. The maximum atomic E-state index is 12.7. The molecule has 3 nitrogen and oxygen atoms in total. The van der Waals surface area contributed by atoms with Gasteiger partial charge in [-0.2, -0.15) is 0 Å². The highest BCUT2D eigenvalue weighted by Crippen LogP contribution is 2.33. The lowest BCUT2D eigenvalue weighted by Gasteiger charge is -2.14. The maximum absolute atomic E-state index is 12.7. The molecule has 3 aromatic carbocycles. The smallest absolute Gasteiger partial charge is 0.256 e. The number of rotatable bonds is 3. The predicted octanol–water partition coefficient (Wildman–Crippen LogP) is 4.95. The molecular weight excluding hydrogens is 352 g/mol. The average molecular weight is 367 g/mol. The minimum atomic E-state index is -0.192. The Balaban J connectivity index is 2.06. The van der Waals surface area contributed by atoms with Crippen molar-refractivity contribution in [2.75, 3.05) is 11.1 Å². The van der Waals surface area contributed by atoms with Crippen LogP contribution < -0.4 is 11.1 Å². The third-order valence-electron chi connectivity index (χ3n) is 3.47. The van der Waals surface area contributed by atoms with Gasteiger partial charge in [-0.1, -0.05) is 64.5 Å². The fourth-order valence-corrected chi connectivity index (χ4v) is 2.93. The van der Waals surface area contributed by atoms with E-state index >= 15 is 0 Å². The van der Waals surface area contributed by atoms with Crippen LogP contribution in [-0.2, 0) is 0 Å². The topological polar surface area (TPSA) is 55.1 Å². The summed E-state index contributed by atoms with van der Waals surface area (Å²) in [7, 11) is 0. The third-order valence-corrected chi connectivity index (χ3v) is 3.93. The molecule has 0 unspecified atom stereocenters. The number of hydrogen-bond acceptors (Lipinski definition) is 2. The van der Waals surface area contributed by atoms with Crippen LogP contribution in [0, 0.1) is 0 Å². The van der Waals surface area contributed by atoms with Gasteiger partial charge in [0.15, 0.2) is 0 Å². The van der Waals surface area contributed by atoms with Gasteiger partial charge in [0, 0.05) is 21.4 Å². The molecule has 0 radical (unpaired) electrons. The van der Waals surface area contributed by atoms with Gasteiger partial charge in [0.25, 0.3) is 5.91 Å². The molecule has 114 valence electrons. The number of benzene rings is 3. The quantitative estimate of drug-likeness (QED) is 0.644. The van der Waals surface area contributed by atoms with E-state index in [9.17, 15) is 4.79 Å². The van der Waals surface area contributed by atoms with Gasteiger partial charge in [-0.3, -0.25) is 4.79 Å². The molecule has 0 heterocycles. The first-order valence-corrected chi connectivity index (χ1v) is 7.95. The number of carbonyl (C=O) groups is 1. The molecule has 0 aromatic heterocycles. The average Bonchev–Trinajstić information content (AvgIpc) is 2.56. The number of nitrogen functional groups attached to an aromatic ring is 1. The largest absolute Gasteiger partial charge is 0.398 e. The molecule has 3 rings (SSSR count). The molecule has 1 amide bonds. The zero-order chi connectivity index (χ0) is 16.2. The zero-order valence-electron chi connectivity index (χ0n) is 12.3. The van der Waals surface area contributed by atoms with Crippen molar-refractivity contribution >= 4 is 33.2 Å². The van der Waals surface area contributed by atoms with Crippen LogP contribution in [0.1, 0.15) is 10.4 Å². The Kier molecular flexibility index (Phi) is 4.44. The Bertz CT molecular complexity index is 833. The summed E-state index contributed by atoms with van der Waals surface area (Å²) in [5, 5.41) is 2.91. The number of halogens is 1. The zero-order valence-corrected chi connectivity index (χ0v) is 13.9. The van der Waals surface area contributed by atoms with Gasteiger partial charge in [0.1, 0.15) is 0 Å². The van der Waals surface area contributed by atoms with Gasteiger partial charge in [-0.15, -0.1) is 0 Å². The van der Waals surface area contributed by atoms with E-state index in [-0.39, 0.29) is 5.91 Å². The van der Waals surface area contributed by atoms with Crippen molar-refractivity contribution in [3.63, 3.8) is 0 Å². The molecule has 0 aliphatic carbocycles. The van der Waals surface area contributed by atoms with Crippen molar-refractivity contribution < 1.29 is 4.79 Å². The van der Waals surface area contributed by atoms with Gasteiger partial charge >= 0.3 is 0 Å². The molecule has 0 atom stereocenters. The summed E-state index contributed by atoms with van der Waals surface area (Å²) in [5.74, 6) is -0.192. The van der Waals surface area contributed by atoms with Crippen molar-refractivity contribution in [3.05, 3.63) is 82.8 Å². The first-order chi connectivity index (χ1) is 11.1. The summed E-state index contributed by atoms with van der Waals surface area (Å²) in [5.41, 5.74) is 9.66. The summed E-state index contributed by atoms with van der Waals surface area (Å²) in [6.45, 7) is 0. The molecule has 0 aliphatic rings. The second-order valence-electron chi connectivity index (χ2n) is 5.10. The number of amides is 1. The first kappa shape index (κ1) is 15.3. The van der Waals surface area contributed by atoms with E-state index in [4.69, 9.17) is 5.73 Å². The highest BCUT2D eigenvalue weighted by molar-refractivity contribution is 9.10. The molecule has 0 fully saturated rings. The Hall–Kier alpha value is -2.59. The Morgan fingerprint density at radius 2 is 1.52 bits per heavy atom. The molecular formula is C19H15BrN2O. The summed E-state index contributed by atoms with van der Waals surface area (Å²) in [4.78, 5) is 12.7. The van der Waals surface area contributed by atoms with Crippen molar-refractivity contribution in [1.29, 1.82) is 0 Å². The number of carbonyl (C=O) groups excluding carboxylic acids is 1. The molecule has 0 aliphatic heterocycles. The predicted molar refractivity (Wildman–Crippen MR) is 98.4 cm³/mol. The molecule has 0 saturated carbocycles. The van der Waals surface area contributed by atoms with Crippen LogP contribution in [0.2, 0.25) is 0 Å². The number of hydrogen-bond donors (Lipinski definition) is 2. The van der Waals surface area contributed by atoms with Crippen LogP contribution >= 0.6 is 15.9 Å². The number of para-hydroxylation sites is 1. The van der Waals surface area contributed by atoms with Crippen LogP contribution in [0.25, 0.3) is 11.1 Å². The second kappa shape index (κ2) is 6.67. The lowest BCUT2D eigenvalue weighted by Crippen LogP contribution is -2.14. The van der Waals surface area contributed by atoms with Crippen LogP contribution in [0.5, 0.6) is 0 Å². The van der Waals surface area contributed by atoms with E-state index in [0.717, 1.165) is 21.3 Å². The number of nitrogens with one attached hydrogen (secondary N) is 1. The third kappa shape index (κ3) is 3.43. The fraction of sp³-hybridized carbons (Fsp3) is 0. The minimum absolute atomic E-state index is 0.192. The Morgan fingerprint density at radius 1 is 0.913 bits per heavy atom. The van der Waals surface area contributed by atoms with Gasteiger partial charge in [-0.05, 0) is 29.8 Å². The van der Waals surface area contributed by atoms with E-state index in [2.05, 4.69) is 21.2 Å². The molecule has 3 aromatic rings. The Morgan fingerprint density at radius 3 is 2.17 bits per heavy atom. The van der Waals surface area contributed by atoms with Crippen molar-refractivity contribution in [2.45, 2.75) is 0 Å². The highest BCUT2D eigenvalue weighted by atomic mass is 79.9. The standard InChI is InChI=1S/C19H15BrN2O/c20-14-11-16(19(23)22-15-9-5-2-6-10-15)18(17(21)12-14)13-7-3-1-4-8-13/h1-12H,21H2,(H,22,23). The normalized spacial score (nSPS) is 10.3. The van der Waals surface area contributed by atoms with Crippen molar-refractivity contribution in [2.24, 2.45) is 0 Å². The lowest BCUT2D eigenvalue weighted by molar-refractivity contribution is 0.102. The number of anilines is 2. The van der Waals surface area contributed by atoms with Crippen LogP contribution in [0.15, 0.2) is 77.3 Å². The molecule has 4 heteroatoms. The molecule has 0 spiro atoms. The molecule has 0 saturated heterocycles. The monoisotopic (exact) mass is 366 g/mol. The maximum Gasteiger partial charge on any atom is 0.256 e. The minimum Gasteiger partial charge on any atom is -0.398 e. The summed E-state index contributed by atoms with van der Waals surface area (Å²) >= 11 is 3.41. The lowest BCUT2D eigenvalue weighted by atomic mass is 9.97. The molecule has 0 bridgehead atoms. The van der Waals surface area contributed by atoms with Crippen molar-refractivity contribution in [1.82, 2.24) is 0 Å². The summed E-state index contributed by atoms with van der Waals surface area (Å²) < 4.78 is 0.771. The van der Waals surface area contributed by atoms with E-state index < -0.39 is 0 Å². The second-order valence-corrected chi connectivity index (χ2v) is 6.02. The van der Waals surface area contributed by atoms with E-state index in [1.54, 1.807) is 6.07 Å². The fourth-order valence-electron chi connectivity index (χ4n) is 2.45. The Labute approximate surface area is 143 Å². The van der Waals surface area contributed by atoms with Crippen LogP contribution in [-0.4, -0.2) is 5.91 Å². The highest BCUT2D eigenvalue weighted by Gasteiger charge is 2.17. The van der Waals surface area contributed by atoms with Gasteiger partial charge < -0.3 is 11.1 Å². The molecule has 3 N–H and O–H groups in total. The SMILES string of the molecule is Nc1cc(Br)cc(C(=O)Nc2ccccc2)c1-c1ccccc1. The van der Waals surface area contributed by atoms with Gasteiger partial charge in [-0.25, -0.2) is 0 Å². The van der Waals surface area contributed by atoms with Crippen LogP contribution in [0.4, 0.5) is 11.4 Å². The number of nitrogens with two attached hydrogens (primary N) is 1. The van der Waals surface area contributed by atoms with E-state index in [1.165, 1.54) is 0 Å². The van der Waals surface area contributed by atoms with Crippen LogP contribution in [0.3, 0.4) is 0 Å². The van der Waals surface area contributed by atoms with Gasteiger partial charge in [0.05, 0.1) is 5.56 Å². The van der Waals surface area contributed by atoms with Crippen molar-refractivity contribution in [3.8, 4) is 11.1 Å². The van der Waals surface area contributed by atoms with E-state index in [0.29, 0.717) is 11.3 Å². The van der Waals surface area contributed by atoms with E-state index in [1.807, 2.05) is 66.7 Å².